The molecule has 0 aliphatic carbocycles. The molecular weight excluding hydrogens is 266 g/mol. The van der Waals surface area contributed by atoms with Crippen LogP contribution in [0.4, 0.5) is 11.4 Å². The van der Waals surface area contributed by atoms with Crippen molar-refractivity contribution in [1.29, 1.82) is 0 Å². The molecule has 0 saturated carbocycles. The number of benzene rings is 1. The highest BCUT2D eigenvalue weighted by Crippen LogP contribution is 2.21. The van der Waals surface area contributed by atoms with Crippen LogP contribution in [-0.2, 0) is 4.74 Å². The number of methoxy groups -OCH3 is 1. The summed E-state index contributed by atoms with van der Waals surface area (Å²) in [6.45, 7) is 5.53. The SMILES string of the molecule is COC(=O)c1ccc(NC(C)CN2CCCCC2)c(N)c1. The van der Waals surface area contributed by atoms with Gasteiger partial charge in [-0.05, 0) is 51.1 Å². The lowest BCUT2D eigenvalue weighted by Gasteiger charge is -2.30. The van der Waals surface area contributed by atoms with Crippen LogP contribution in [0.3, 0.4) is 0 Å². The predicted octanol–water partition coefficient (Wildman–Crippen LogP) is 2.34. The number of piperidine rings is 1. The van der Waals surface area contributed by atoms with Crippen LogP contribution in [0.15, 0.2) is 18.2 Å². The molecule has 116 valence electrons. The van der Waals surface area contributed by atoms with Crippen molar-refractivity contribution in [3.8, 4) is 0 Å². The number of rotatable bonds is 5. The number of nitrogen functional groups attached to an aromatic ring is 1. The molecule has 1 saturated heterocycles. The maximum absolute atomic E-state index is 11.5. The highest BCUT2D eigenvalue weighted by Gasteiger charge is 2.14. The van der Waals surface area contributed by atoms with E-state index in [1.807, 2.05) is 6.07 Å². The van der Waals surface area contributed by atoms with E-state index < -0.39 is 0 Å². The summed E-state index contributed by atoms with van der Waals surface area (Å²) in [6.07, 6.45) is 3.94. The number of likely N-dealkylation sites (tertiary alicyclic amines) is 1. The summed E-state index contributed by atoms with van der Waals surface area (Å²) < 4.78 is 4.69. The zero-order valence-corrected chi connectivity index (χ0v) is 12.9. The minimum atomic E-state index is -0.366. The fraction of sp³-hybridized carbons (Fsp3) is 0.562. The fourth-order valence-corrected chi connectivity index (χ4v) is 2.78. The number of hydrogen-bond acceptors (Lipinski definition) is 5. The smallest absolute Gasteiger partial charge is 0.337 e. The summed E-state index contributed by atoms with van der Waals surface area (Å²) in [5.41, 5.74) is 7.93. The van der Waals surface area contributed by atoms with Crippen molar-refractivity contribution in [2.24, 2.45) is 0 Å². The highest BCUT2D eigenvalue weighted by atomic mass is 16.5. The van der Waals surface area contributed by atoms with Gasteiger partial charge in [-0.15, -0.1) is 0 Å². The van der Waals surface area contributed by atoms with E-state index in [0.29, 0.717) is 17.3 Å². The first-order valence-electron chi connectivity index (χ1n) is 7.57. The lowest BCUT2D eigenvalue weighted by atomic mass is 10.1. The molecule has 2 rings (SSSR count). The van der Waals surface area contributed by atoms with Gasteiger partial charge < -0.3 is 20.7 Å². The molecule has 1 aliphatic rings. The third-order valence-electron chi connectivity index (χ3n) is 3.86. The standard InChI is InChI=1S/C16H25N3O2/c1-12(11-19-8-4-3-5-9-19)18-15-7-6-13(10-14(15)17)16(20)21-2/h6-7,10,12,18H,3-5,8-9,11,17H2,1-2H3. The monoisotopic (exact) mass is 291 g/mol. The van der Waals surface area contributed by atoms with Gasteiger partial charge in [0.05, 0.1) is 24.0 Å². The van der Waals surface area contributed by atoms with Crippen molar-refractivity contribution >= 4 is 17.3 Å². The average molecular weight is 291 g/mol. The molecule has 1 aliphatic heterocycles. The van der Waals surface area contributed by atoms with Crippen molar-refractivity contribution in [1.82, 2.24) is 4.90 Å². The first kappa shape index (κ1) is 15.6. The first-order valence-corrected chi connectivity index (χ1v) is 7.57. The van der Waals surface area contributed by atoms with Crippen LogP contribution in [0.2, 0.25) is 0 Å². The lowest BCUT2D eigenvalue weighted by molar-refractivity contribution is 0.0601. The molecular formula is C16H25N3O2. The molecule has 0 spiro atoms. The number of nitrogens with zero attached hydrogens (tertiary/aromatic N) is 1. The predicted molar refractivity (Wildman–Crippen MR) is 85.6 cm³/mol. The first-order chi connectivity index (χ1) is 10.1. The van der Waals surface area contributed by atoms with E-state index >= 15 is 0 Å². The van der Waals surface area contributed by atoms with Crippen molar-refractivity contribution in [2.75, 3.05) is 37.8 Å². The number of ether oxygens (including phenoxy) is 1. The number of nitrogens with one attached hydrogen (secondary N) is 1. The van der Waals surface area contributed by atoms with Gasteiger partial charge in [0, 0.05) is 12.6 Å². The lowest BCUT2D eigenvalue weighted by Crippen LogP contribution is -2.38. The normalized spacial score (nSPS) is 17.2. The van der Waals surface area contributed by atoms with Crippen LogP contribution in [0, 0.1) is 0 Å². The number of anilines is 2. The molecule has 5 heteroatoms. The van der Waals surface area contributed by atoms with Crippen LogP contribution >= 0.6 is 0 Å². The van der Waals surface area contributed by atoms with E-state index in [9.17, 15) is 4.79 Å². The average Bonchev–Trinajstić information content (AvgIpc) is 2.49. The Morgan fingerprint density at radius 3 is 2.71 bits per heavy atom. The van der Waals surface area contributed by atoms with Gasteiger partial charge >= 0.3 is 5.97 Å². The van der Waals surface area contributed by atoms with Gasteiger partial charge in [0.15, 0.2) is 0 Å². The summed E-state index contributed by atoms with van der Waals surface area (Å²) in [4.78, 5) is 13.9. The van der Waals surface area contributed by atoms with Crippen molar-refractivity contribution in [3.63, 3.8) is 0 Å². The van der Waals surface area contributed by atoms with Crippen LogP contribution in [0.1, 0.15) is 36.5 Å². The molecule has 21 heavy (non-hydrogen) atoms. The zero-order valence-electron chi connectivity index (χ0n) is 12.9. The molecule has 1 fully saturated rings. The second-order valence-electron chi connectivity index (χ2n) is 5.70. The van der Waals surface area contributed by atoms with Crippen molar-refractivity contribution < 1.29 is 9.53 Å². The van der Waals surface area contributed by atoms with Gasteiger partial charge in [0.25, 0.3) is 0 Å². The molecule has 1 aromatic carbocycles. The van der Waals surface area contributed by atoms with Gasteiger partial charge in [0.1, 0.15) is 0 Å². The molecule has 1 aromatic rings. The van der Waals surface area contributed by atoms with Crippen LogP contribution in [0.5, 0.6) is 0 Å². The Morgan fingerprint density at radius 1 is 1.38 bits per heavy atom. The summed E-state index contributed by atoms with van der Waals surface area (Å²) in [7, 11) is 1.37. The maximum atomic E-state index is 11.5. The van der Waals surface area contributed by atoms with Gasteiger partial charge in [-0.3, -0.25) is 0 Å². The topological polar surface area (TPSA) is 67.6 Å². The van der Waals surface area contributed by atoms with E-state index in [2.05, 4.69) is 17.1 Å². The Morgan fingerprint density at radius 2 is 2.10 bits per heavy atom. The number of hydrogen-bond donors (Lipinski definition) is 2. The Hall–Kier alpha value is -1.75. The van der Waals surface area contributed by atoms with E-state index in [0.717, 1.165) is 12.2 Å². The fourth-order valence-electron chi connectivity index (χ4n) is 2.78. The minimum absolute atomic E-state index is 0.314. The van der Waals surface area contributed by atoms with Crippen molar-refractivity contribution in [2.45, 2.75) is 32.2 Å². The second kappa shape index (κ2) is 7.31. The summed E-state index contributed by atoms with van der Waals surface area (Å²) in [5.74, 6) is -0.366. The summed E-state index contributed by atoms with van der Waals surface area (Å²) in [6, 6.07) is 5.54. The molecule has 0 amide bonds. The van der Waals surface area contributed by atoms with E-state index in [-0.39, 0.29) is 5.97 Å². The molecule has 5 nitrogen and oxygen atoms in total. The Kier molecular flexibility index (Phi) is 5.44. The van der Waals surface area contributed by atoms with E-state index in [1.165, 1.54) is 39.5 Å². The van der Waals surface area contributed by atoms with Crippen molar-refractivity contribution in [3.05, 3.63) is 23.8 Å². The molecule has 3 N–H and O–H groups in total. The largest absolute Gasteiger partial charge is 0.465 e. The van der Waals surface area contributed by atoms with Gasteiger partial charge in [-0.1, -0.05) is 6.42 Å². The third-order valence-corrected chi connectivity index (χ3v) is 3.86. The highest BCUT2D eigenvalue weighted by molar-refractivity contribution is 5.91. The molecule has 1 atom stereocenters. The van der Waals surface area contributed by atoms with E-state index in [1.54, 1.807) is 12.1 Å². The Balaban J connectivity index is 1.93. The number of carbonyl (C=O) groups excluding carboxylic acids is 1. The van der Waals surface area contributed by atoms with Gasteiger partial charge in [0.2, 0.25) is 0 Å². The molecule has 0 radical (unpaired) electrons. The number of esters is 1. The molecule has 1 unspecified atom stereocenters. The zero-order chi connectivity index (χ0) is 15.2. The van der Waals surface area contributed by atoms with Crippen LogP contribution in [0.25, 0.3) is 0 Å². The maximum Gasteiger partial charge on any atom is 0.337 e. The molecule has 1 heterocycles. The Labute approximate surface area is 126 Å². The van der Waals surface area contributed by atoms with Gasteiger partial charge in [-0.2, -0.15) is 0 Å². The number of carbonyl (C=O) groups is 1. The third kappa shape index (κ3) is 4.36. The molecule has 0 bridgehead atoms. The van der Waals surface area contributed by atoms with Crippen LogP contribution in [-0.4, -0.2) is 43.7 Å². The Bertz CT molecular complexity index is 484. The second-order valence-corrected chi connectivity index (χ2v) is 5.70. The quantitative estimate of drug-likeness (QED) is 0.644. The summed E-state index contributed by atoms with van der Waals surface area (Å²) in [5, 5.41) is 3.42. The van der Waals surface area contributed by atoms with Gasteiger partial charge in [-0.25, -0.2) is 4.79 Å². The van der Waals surface area contributed by atoms with E-state index in [4.69, 9.17) is 10.5 Å². The van der Waals surface area contributed by atoms with Crippen LogP contribution < -0.4 is 11.1 Å². The minimum Gasteiger partial charge on any atom is -0.465 e. The summed E-state index contributed by atoms with van der Waals surface area (Å²) >= 11 is 0. The number of nitrogens with two attached hydrogens (primary N) is 1. The molecule has 0 aromatic heterocycles.